The van der Waals surface area contributed by atoms with E-state index in [0.717, 1.165) is 42.5 Å². The molecule has 3 heteroatoms. The molecule has 2 rings (SSSR count). The van der Waals surface area contributed by atoms with Crippen molar-refractivity contribution in [1.82, 2.24) is 5.32 Å². The molecule has 0 amide bonds. The molecule has 118 valence electrons. The van der Waals surface area contributed by atoms with Gasteiger partial charge in [0, 0.05) is 18.1 Å². The molecule has 0 saturated carbocycles. The summed E-state index contributed by atoms with van der Waals surface area (Å²) in [6, 6.07) is 16.2. The van der Waals surface area contributed by atoms with E-state index in [1.807, 2.05) is 36.4 Å². The zero-order valence-electron chi connectivity index (χ0n) is 13.3. The molecule has 0 saturated heterocycles. The average molecular weight is 318 g/mol. The Morgan fingerprint density at radius 1 is 1.05 bits per heavy atom. The van der Waals surface area contributed by atoms with E-state index >= 15 is 0 Å². The molecule has 2 aromatic carbocycles. The Morgan fingerprint density at radius 2 is 1.86 bits per heavy atom. The Hall–Kier alpha value is -1.51. The number of hydrogen-bond donors (Lipinski definition) is 1. The van der Waals surface area contributed by atoms with Crippen molar-refractivity contribution in [2.24, 2.45) is 5.92 Å². The first kappa shape index (κ1) is 16.9. The molecule has 0 atom stereocenters. The molecule has 0 radical (unpaired) electrons. The molecule has 0 unspecified atom stereocenters. The molecule has 0 aromatic heterocycles. The van der Waals surface area contributed by atoms with Crippen molar-refractivity contribution in [2.75, 3.05) is 6.61 Å². The fourth-order valence-corrected chi connectivity index (χ4v) is 2.34. The fraction of sp³-hybridized carbons (Fsp3) is 0.368. The molecular weight excluding hydrogens is 294 g/mol. The van der Waals surface area contributed by atoms with Crippen LogP contribution in [0.15, 0.2) is 48.5 Å². The largest absolute Gasteiger partial charge is 0.494 e. The van der Waals surface area contributed by atoms with Crippen LogP contribution < -0.4 is 10.1 Å². The van der Waals surface area contributed by atoms with Crippen molar-refractivity contribution in [3.8, 4) is 5.75 Å². The smallest absolute Gasteiger partial charge is 0.119 e. The van der Waals surface area contributed by atoms with Crippen LogP contribution in [0.4, 0.5) is 0 Å². The minimum absolute atomic E-state index is 0.667. The molecule has 0 fully saturated rings. The van der Waals surface area contributed by atoms with E-state index in [1.54, 1.807) is 0 Å². The molecule has 0 aliphatic rings. The maximum Gasteiger partial charge on any atom is 0.119 e. The summed E-state index contributed by atoms with van der Waals surface area (Å²) >= 11 is 6.15. The summed E-state index contributed by atoms with van der Waals surface area (Å²) in [5, 5.41) is 4.23. The Balaban J connectivity index is 1.81. The van der Waals surface area contributed by atoms with Crippen molar-refractivity contribution in [2.45, 2.75) is 33.4 Å². The van der Waals surface area contributed by atoms with Crippen molar-refractivity contribution in [3.05, 3.63) is 64.7 Å². The van der Waals surface area contributed by atoms with E-state index in [2.05, 4.69) is 31.3 Å². The van der Waals surface area contributed by atoms with E-state index in [-0.39, 0.29) is 0 Å². The summed E-state index contributed by atoms with van der Waals surface area (Å²) in [5.74, 6) is 1.61. The van der Waals surface area contributed by atoms with Gasteiger partial charge in [0.15, 0.2) is 0 Å². The summed E-state index contributed by atoms with van der Waals surface area (Å²) in [6.07, 6.45) is 1.08. The minimum Gasteiger partial charge on any atom is -0.494 e. The molecule has 1 N–H and O–H groups in total. The van der Waals surface area contributed by atoms with Gasteiger partial charge in [0.2, 0.25) is 0 Å². The number of nitrogens with one attached hydrogen (secondary N) is 1. The van der Waals surface area contributed by atoms with Gasteiger partial charge in [-0.25, -0.2) is 0 Å². The van der Waals surface area contributed by atoms with Gasteiger partial charge in [-0.15, -0.1) is 0 Å². The normalized spacial score (nSPS) is 10.9. The first-order valence-electron chi connectivity index (χ1n) is 7.81. The van der Waals surface area contributed by atoms with Crippen LogP contribution in [0.2, 0.25) is 5.02 Å². The number of benzene rings is 2. The van der Waals surface area contributed by atoms with Gasteiger partial charge < -0.3 is 10.1 Å². The Morgan fingerprint density at radius 3 is 2.64 bits per heavy atom. The van der Waals surface area contributed by atoms with Crippen LogP contribution >= 0.6 is 11.6 Å². The molecular formula is C19H24ClNO. The van der Waals surface area contributed by atoms with E-state index in [1.165, 1.54) is 5.56 Å². The van der Waals surface area contributed by atoms with Gasteiger partial charge in [0.25, 0.3) is 0 Å². The van der Waals surface area contributed by atoms with Crippen molar-refractivity contribution < 1.29 is 4.74 Å². The third-order valence-electron chi connectivity index (χ3n) is 3.46. The van der Waals surface area contributed by atoms with Crippen molar-refractivity contribution in [3.63, 3.8) is 0 Å². The van der Waals surface area contributed by atoms with Gasteiger partial charge in [-0.3, -0.25) is 0 Å². The van der Waals surface area contributed by atoms with Crippen LogP contribution in [-0.2, 0) is 13.1 Å². The third-order valence-corrected chi connectivity index (χ3v) is 3.83. The SMILES string of the molecule is CC(C)CCOc1cccc(CNCc2ccccc2Cl)c1. The Kier molecular flexibility index (Phi) is 6.75. The lowest BCUT2D eigenvalue weighted by Gasteiger charge is -2.10. The predicted octanol–water partition coefficient (Wildman–Crippen LogP) is 5.05. The minimum atomic E-state index is 0.667. The van der Waals surface area contributed by atoms with Crippen LogP contribution in [-0.4, -0.2) is 6.61 Å². The topological polar surface area (TPSA) is 21.3 Å². The molecule has 2 aromatic rings. The van der Waals surface area contributed by atoms with Gasteiger partial charge >= 0.3 is 0 Å². The lowest BCUT2D eigenvalue weighted by atomic mass is 10.1. The number of ether oxygens (including phenoxy) is 1. The fourth-order valence-electron chi connectivity index (χ4n) is 2.14. The molecule has 2 nitrogen and oxygen atoms in total. The summed E-state index contributed by atoms with van der Waals surface area (Å²) in [6.45, 7) is 6.75. The standard InChI is InChI=1S/C19H24ClNO/c1-15(2)10-11-22-18-8-5-6-16(12-18)13-21-14-17-7-3-4-9-19(17)20/h3-9,12,15,21H,10-11,13-14H2,1-2H3. The van der Waals surface area contributed by atoms with Crippen LogP contribution in [0.5, 0.6) is 5.75 Å². The third kappa shape index (κ3) is 5.70. The summed E-state index contributed by atoms with van der Waals surface area (Å²) in [7, 11) is 0. The van der Waals surface area contributed by atoms with E-state index in [4.69, 9.17) is 16.3 Å². The van der Waals surface area contributed by atoms with E-state index in [9.17, 15) is 0 Å². The monoisotopic (exact) mass is 317 g/mol. The van der Waals surface area contributed by atoms with Crippen LogP contribution in [0, 0.1) is 5.92 Å². The molecule has 0 spiro atoms. The average Bonchev–Trinajstić information content (AvgIpc) is 2.49. The Labute approximate surface area is 138 Å². The second-order valence-corrected chi connectivity index (χ2v) is 6.28. The highest BCUT2D eigenvalue weighted by atomic mass is 35.5. The zero-order valence-corrected chi connectivity index (χ0v) is 14.1. The van der Waals surface area contributed by atoms with Crippen molar-refractivity contribution >= 4 is 11.6 Å². The van der Waals surface area contributed by atoms with Gasteiger partial charge in [-0.05, 0) is 41.7 Å². The predicted molar refractivity (Wildman–Crippen MR) is 93.4 cm³/mol. The van der Waals surface area contributed by atoms with Crippen LogP contribution in [0.3, 0.4) is 0 Å². The second-order valence-electron chi connectivity index (χ2n) is 5.87. The molecule has 0 heterocycles. The van der Waals surface area contributed by atoms with Crippen molar-refractivity contribution in [1.29, 1.82) is 0 Å². The molecule has 0 bridgehead atoms. The lowest BCUT2D eigenvalue weighted by molar-refractivity contribution is 0.289. The number of halogens is 1. The van der Waals surface area contributed by atoms with Crippen LogP contribution in [0.1, 0.15) is 31.4 Å². The Bertz CT molecular complexity index is 583. The molecule has 0 aliphatic heterocycles. The highest BCUT2D eigenvalue weighted by Crippen LogP contribution is 2.16. The first-order valence-corrected chi connectivity index (χ1v) is 8.19. The van der Waals surface area contributed by atoms with Gasteiger partial charge in [0.1, 0.15) is 5.75 Å². The van der Waals surface area contributed by atoms with Crippen LogP contribution in [0.25, 0.3) is 0 Å². The highest BCUT2D eigenvalue weighted by molar-refractivity contribution is 6.31. The second kappa shape index (κ2) is 8.82. The van der Waals surface area contributed by atoms with E-state index in [0.29, 0.717) is 5.92 Å². The summed E-state index contributed by atoms with van der Waals surface area (Å²) < 4.78 is 5.79. The maximum absolute atomic E-state index is 6.15. The number of rotatable bonds is 8. The van der Waals surface area contributed by atoms with Gasteiger partial charge in [0.05, 0.1) is 6.61 Å². The quantitative estimate of drug-likeness (QED) is 0.735. The van der Waals surface area contributed by atoms with Gasteiger partial charge in [-0.1, -0.05) is 55.8 Å². The lowest BCUT2D eigenvalue weighted by Crippen LogP contribution is -2.13. The zero-order chi connectivity index (χ0) is 15.8. The summed E-state index contributed by atoms with van der Waals surface area (Å²) in [5.41, 5.74) is 2.34. The molecule has 22 heavy (non-hydrogen) atoms. The molecule has 0 aliphatic carbocycles. The highest BCUT2D eigenvalue weighted by Gasteiger charge is 2.01. The van der Waals surface area contributed by atoms with Gasteiger partial charge in [-0.2, -0.15) is 0 Å². The van der Waals surface area contributed by atoms with E-state index < -0.39 is 0 Å². The summed E-state index contributed by atoms with van der Waals surface area (Å²) in [4.78, 5) is 0. The number of hydrogen-bond acceptors (Lipinski definition) is 2. The first-order chi connectivity index (χ1) is 10.6. The maximum atomic E-state index is 6.15.